The molecule has 0 bridgehead atoms. The Bertz CT molecular complexity index is 354. The number of hydrogen-bond donors (Lipinski definition) is 2. The van der Waals surface area contributed by atoms with Gasteiger partial charge in [-0.1, -0.05) is 6.92 Å². The van der Waals surface area contributed by atoms with Crippen molar-refractivity contribution in [1.29, 1.82) is 0 Å². The van der Waals surface area contributed by atoms with Gasteiger partial charge in [0, 0.05) is 12.6 Å². The summed E-state index contributed by atoms with van der Waals surface area (Å²) in [5.74, 6) is 1.86. The summed E-state index contributed by atoms with van der Waals surface area (Å²) < 4.78 is 0. The van der Waals surface area contributed by atoms with Crippen molar-refractivity contribution in [2.45, 2.75) is 19.4 Å². The molecule has 2 atom stereocenters. The SMILES string of the molecule is CC1CN(C)CCC1Nc1cncc(N)n1. The van der Waals surface area contributed by atoms with Crippen molar-refractivity contribution >= 4 is 11.6 Å². The first kappa shape index (κ1) is 11.1. The van der Waals surface area contributed by atoms with Gasteiger partial charge < -0.3 is 16.0 Å². The molecule has 2 heterocycles. The highest BCUT2D eigenvalue weighted by molar-refractivity contribution is 5.39. The minimum Gasteiger partial charge on any atom is -0.382 e. The Morgan fingerprint density at radius 3 is 3.00 bits per heavy atom. The first-order valence-electron chi connectivity index (χ1n) is 5.68. The zero-order valence-electron chi connectivity index (χ0n) is 9.85. The average molecular weight is 221 g/mol. The van der Waals surface area contributed by atoms with Crippen molar-refractivity contribution in [2.24, 2.45) is 5.92 Å². The molecule has 0 aliphatic carbocycles. The second-order valence-electron chi connectivity index (χ2n) is 4.61. The second kappa shape index (κ2) is 4.65. The van der Waals surface area contributed by atoms with Crippen LogP contribution in [-0.2, 0) is 0 Å². The van der Waals surface area contributed by atoms with Crippen molar-refractivity contribution in [2.75, 3.05) is 31.2 Å². The van der Waals surface area contributed by atoms with E-state index in [-0.39, 0.29) is 0 Å². The number of nitrogen functional groups attached to an aromatic ring is 1. The predicted molar refractivity (Wildman–Crippen MR) is 65.1 cm³/mol. The van der Waals surface area contributed by atoms with Gasteiger partial charge in [-0.3, -0.25) is 4.98 Å². The van der Waals surface area contributed by atoms with Gasteiger partial charge in [-0.05, 0) is 25.9 Å². The molecule has 1 saturated heterocycles. The molecule has 1 fully saturated rings. The number of likely N-dealkylation sites (tertiary alicyclic amines) is 1. The van der Waals surface area contributed by atoms with Crippen LogP contribution in [0.1, 0.15) is 13.3 Å². The van der Waals surface area contributed by atoms with E-state index in [1.807, 2.05) is 0 Å². The molecule has 1 aliphatic heterocycles. The molecular weight excluding hydrogens is 202 g/mol. The molecule has 0 radical (unpaired) electrons. The molecule has 0 spiro atoms. The monoisotopic (exact) mass is 221 g/mol. The van der Waals surface area contributed by atoms with Crippen LogP contribution >= 0.6 is 0 Å². The zero-order valence-corrected chi connectivity index (χ0v) is 9.85. The third-order valence-electron chi connectivity index (χ3n) is 3.09. The highest BCUT2D eigenvalue weighted by Gasteiger charge is 2.24. The third kappa shape index (κ3) is 2.61. The fraction of sp³-hybridized carbons (Fsp3) is 0.636. The molecule has 0 saturated carbocycles. The van der Waals surface area contributed by atoms with E-state index in [4.69, 9.17) is 5.73 Å². The molecule has 88 valence electrons. The second-order valence-corrected chi connectivity index (χ2v) is 4.61. The third-order valence-corrected chi connectivity index (χ3v) is 3.09. The van der Waals surface area contributed by atoms with Crippen LogP contribution in [0.2, 0.25) is 0 Å². The summed E-state index contributed by atoms with van der Waals surface area (Å²) in [6, 6.07) is 0.465. The number of anilines is 2. The number of nitrogens with zero attached hydrogens (tertiary/aromatic N) is 3. The quantitative estimate of drug-likeness (QED) is 0.773. The van der Waals surface area contributed by atoms with Crippen LogP contribution in [0, 0.1) is 5.92 Å². The summed E-state index contributed by atoms with van der Waals surface area (Å²) >= 11 is 0. The fourth-order valence-corrected chi connectivity index (χ4v) is 2.21. The van der Waals surface area contributed by atoms with Crippen molar-refractivity contribution in [3.8, 4) is 0 Å². The molecule has 2 unspecified atom stereocenters. The molecule has 1 aliphatic rings. The Labute approximate surface area is 96.1 Å². The standard InChI is InChI=1S/C11H19N5/c1-8-7-16(2)4-3-9(8)14-11-6-13-5-10(12)15-11/h5-6,8-9H,3-4,7H2,1-2H3,(H3,12,14,15). The molecular formula is C11H19N5. The maximum atomic E-state index is 5.60. The normalized spacial score (nSPS) is 26.6. The molecule has 5 heteroatoms. The van der Waals surface area contributed by atoms with E-state index in [1.54, 1.807) is 12.4 Å². The average Bonchev–Trinajstić information content (AvgIpc) is 2.22. The van der Waals surface area contributed by atoms with Crippen LogP contribution in [0.4, 0.5) is 11.6 Å². The van der Waals surface area contributed by atoms with Gasteiger partial charge in [0.25, 0.3) is 0 Å². The van der Waals surface area contributed by atoms with Crippen LogP contribution in [0.25, 0.3) is 0 Å². The highest BCUT2D eigenvalue weighted by Crippen LogP contribution is 2.19. The number of rotatable bonds is 2. The van der Waals surface area contributed by atoms with Gasteiger partial charge in [0.15, 0.2) is 0 Å². The maximum Gasteiger partial charge on any atom is 0.147 e. The maximum absolute atomic E-state index is 5.60. The number of hydrogen-bond acceptors (Lipinski definition) is 5. The lowest BCUT2D eigenvalue weighted by atomic mass is 9.94. The van der Waals surface area contributed by atoms with Crippen molar-refractivity contribution < 1.29 is 0 Å². The topological polar surface area (TPSA) is 67.1 Å². The van der Waals surface area contributed by atoms with E-state index in [1.165, 1.54) is 0 Å². The van der Waals surface area contributed by atoms with Gasteiger partial charge in [0.1, 0.15) is 11.6 Å². The Kier molecular flexibility index (Phi) is 3.24. The highest BCUT2D eigenvalue weighted by atomic mass is 15.1. The van der Waals surface area contributed by atoms with Gasteiger partial charge in [0.05, 0.1) is 12.4 Å². The van der Waals surface area contributed by atoms with Gasteiger partial charge in [-0.15, -0.1) is 0 Å². The summed E-state index contributed by atoms with van der Waals surface area (Å²) in [5, 5.41) is 3.41. The molecule has 1 aromatic heterocycles. The Balaban J connectivity index is 1.99. The summed E-state index contributed by atoms with van der Waals surface area (Å²) in [6.07, 6.45) is 4.42. The van der Waals surface area contributed by atoms with Crippen molar-refractivity contribution in [1.82, 2.24) is 14.9 Å². The molecule has 16 heavy (non-hydrogen) atoms. The van der Waals surface area contributed by atoms with E-state index < -0.39 is 0 Å². The van der Waals surface area contributed by atoms with Crippen LogP contribution in [0.3, 0.4) is 0 Å². The Morgan fingerprint density at radius 2 is 2.31 bits per heavy atom. The summed E-state index contributed by atoms with van der Waals surface area (Å²) in [5.41, 5.74) is 5.60. The van der Waals surface area contributed by atoms with Gasteiger partial charge in [0.2, 0.25) is 0 Å². The number of piperidine rings is 1. The minimum atomic E-state index is 0.464. The summed E-state index contributed by atoms with van der Waals surface area (Å²) in [4.78, 5) is 10.6. The van der Waals surface area contributed by atoms with E-state index in [0.29, 0.717) is 17.8 Å². The lowest BCUT2D eigenvalue weighted by Crippen LogP contribution is -2.43. The van der Waals surface area contributed by atoms with E-state index >= 15 is 0 Å². The van der Waals surface area contributed by atoms with Crippen molar-refractivity contribution in [3.63, 3.8) is 0 Å². The lowest BCUT2D eigenvalue weighted by molar-refractivity contribution is 0.206. The first-order chi connectivity index (χ1) is 7.65. The first-order valence-corrected chi connectivity index (χ1v) is 5.68. The van der Waals surface area contributed by atoms with Gasteiger partial charge in [-0.2, -0.15) is 0 Å². The smallest absolute Gasteiger partial charge is 0.147 e. The molecule has 0 aromatic carbocycles. The Hall–Kier alpha value is -1.36. The number of aromatic nitrogens is 2. The lowest BCUT2D eigenvalue weighted by Gasteiger charge is -2.35. The molecule has 3 N–H and O–H groups in total. The van der Waals surface area contributed by atoms with Crippen LogP contribution in [0.15, 0.2) is 12.4 Å². The minimum absolute atomic E-state index is 0.464. The van der Waals surface area contributed by atoms with Gasteiger partial charge in [-0.25, -0.2) is 4.98 Å². The fourth-order valence-electron chi connectivity index (χ4n) is 2.21. The summed E-state index contributed by atoms with van der Waals surface area (Å²) in [6.45, 7) is 4.50. The molecule has 1 aromatic rings. The van der Waals surface area contributed by atoms with Crippen LogP contribution in [-0.4, -0.2) is 41.0 Å². The number of nitrogens with two attached hydrogens (primary N) is 1. The molecule has 5 nitrogen and oxygen atoms in total. The Morgan fingerprint density at radius 1 is 1.50 bits per heavy atom. The van der Waals surface area contributed by atoms with Crippen LogP contribution in [0.5, 0.6) is 0 Å². The summed E-state index contributed by atoms with van der Waals surface area (Å²) in [7, 11) is 2.16. The van der Waals surface area contributed by atoms with E-state index in [2.05, 4.69) is 34.2 Å². The van der Waals surface area contributed by atoms with E-state index in [0.717, 1.165) is 25.3 Å². The molecule has 2 rings (SSSR count). The zero-order chi connectivity index (χ0) is 11.5. The number of nitrogens with one attached hydrogen (secondary N) is 1. The van der Waals surface area contributed by atoms with Gasteiger partial charge >= 0.3 is 0 Å². The predicted octanol–water partition coefficient (Wildman–Crippen LogP) is 0.811. The van der Waals surface area contributed by atoms with E-state index in [9.17, 15) is 0 Å². The molecule has 0 amide bonds. The largest absolute Gasteiger partial charge is 0.382 e. The van der Waals surface area contributed by atoms with Crippen LogP contribution < -0.4 is 11.1 Å². The van der Waals surface area contributed by atoms with Crippen molar-refractivity contribution in [3.05, 3.63) is 12.4 Å².